The quantitative estimate of drug-likeness (QED) is 0.879. The first kappa shape index (κ1) is 15.5. The summed E-state index contributed by atoms with van der Waals surface area (Å²) >= 11 is 0. The summed E-state index contributed by atoms with van der Waals surface area (Å²) in [6, 6.07) is 7.67. The van der Waals surface area contributed by atoms with E-state index in [-0.39, 0.29) is 5.91 Å². The lowest BCUT2D eigenvalue weighted by Crippen LogP contribution is -2.48. The Bertz CT molecular complexity index is 636. The van der Waals surface area contributed by atoms with Gasteiger partial charge in [-0.2, -0.15) is 5.10 Å². The Balaban J connectivity index is 1.52. The summed E-state index contributed by atoms with van der Waals surface area (Å²) in [6.45, 7) is 3.91. The van der Waals surface area contributed by atoms with Gasteiger partial charge in [-0.1, -0.05) is 18.2 Å². The summed E-state index contributed by atoms with van der Waals surface area (Å²) in [6.07, 6.45) is 1.90. The van der Waals surface area contributed by atoms with Crippen molar-refractivity contribution in [2.75, 3.05) is 33.3 Å². The fourth-order valence-corrected chi connectivity index (χ4v) is 2.80. The van der Waals surface area contributed by atoms with Crippen molar-refractivity contribution in [2.24, 2.45) is 0 Å². The molecule has 1 aliphatic heterocycles. The fourth-order valence-electron chi connectivity index (χ4n) is 2.80. The molecule has 1 fully saturated rings. The first-order valence-electron chi connectivity index (χ1n) is 7.72. The molecule has 1 aromatic carbocycles. The van der Waals surface area contributed by atoms with E-state index in [4.69, 9.17) is 4.74 Å². The molecule has 1 aromatic heterocycles. The number of hydrogen-bond acceptors (Lipinski definition) is 5. The molecule has 2 aromatic rings. The first-order chi connectivity index (χ1) is 11.3. The summed E-state index contributed by atoms with van der Waals surface area (Å²) in [4.78, 5) is 20.8. The van der Waals surface area contributed by atoms with Gasteiger partial charge >= 0.3 is 0 Å². The van der Waals surface area contributed by atoms with E-state index in [0.29, 0.717) is 6.42 Å². The highest BCUT2D eigenvalue weighted by Crippen LogP contribution is 2.19. The van der Waals surface area contributed by atoms with Crippen LogP contribution < -0.4 is 4.74 Å². The van der Waals surface area contributed by atoms with Gasteiger partial charge in [0, 0.05) is 31.7 Å². The van der Waals surface area contributed by atoms with Crippen molar-refractivity contribution in [3.63, 3.8) is 0 Å². The number of amides is 1. The average Bonchev–Trinajstić information content (AvgIpc) is 3.09. The second-order valence-corrected chi connectivity index (χ2v) is 5.58. The third kappa shape index (κ3) is 3.87. The number of para-hydroxylation sites is 1. The highest BCUT2D eigenvalue weighted by Gasteiger charge is 2.22. The van der Waals surface area contributed by atoms with E-state index >= 15 is 0 Å². The minimum atomic E-state index is 0.147. The lowest BCUT2D eigenvalue weighted by atomic mass is 10.1. The molecule has 1 aliphatic rings. The molecule has 0 radical (unpaired) electrons. The minimum Gasteiger partial charge on any atom is -0.496 e. The maximum Gasteiger partial charge on any atom is 0.227 e. The van der Waals surface area contributed by atoms with Crippen LogP contribution in [0.1, 0.15) is 11.4 Å². The van der Waals surface area contributed by atoms with E-state index in [2.05, 4.69) is 20.1 Å². The number of carbonyl (C=O) groups is 1. The maximum absolute atomic E-state index is 12.5. The molecule has 1 amide bonds. The van der Waals surface area contributed by atoms with Crippen molar-refractivity contribution in [3.05, 3.63) is 42.0 Å². The lowest BCUT2D eigenvalue weighted by Gasteiger charge is -2.34. The first-order valence-corrected chi connectivity index (χ1v) is 7.72. The van der Waals surface area contributed by atoms with Crippen LogP contribution in [0.5, 0.6) is 5.75 Å². The van der Waals surface area contributed by atoms with Gasteiger partial charge in [-0.3, -0.25) is 14.8 Å². The molecule has 7 nitrogen and oxygen atoms in total. The summed E-state index contributed by atoms with van der Waals surface area (Å²) in [5, 5.41) is 6.72. The van der Waals surface area contributed by atoms with E-state index in [1.807, 2.05) is 29.2 Å². The van der Waals surface area contributed by atoms with Crippen LogP contribution >= 0.6 is 0 Å². The number of nitrogens with one attached hydrogen (secondary N) is 1. The highest BCUT2D eigenvalue weighted by molar-refractivity contribution is 5.79. The number of ether oxygens (including phenoxy) is 1. The smallest absolute Gasteiger partial charge is 0.227 e. The Labute approximate surface area is 135 Å². The molecule has 0 saturated carbocycles. The van der Waals surface area contributed by atoms with Crippen LogP contribution in [0.3, 0.4) is 0 Å². The molecule has 0 aliphatic carbocycles. The number of piperazine rings is 1. The SMILES string of the molecule is COc1ccccc1CC(=O)N1CCN(Cc2ncn[nH]2)CC1. The number of methoxy groups -OCH3 is 1. The molecular formula is C16H21N5O2. The molecule has 0 spiro atoms. The summed E-state index contributed by atoms with van der Waals surface area (Å²) in [5.41, 5.74) is 0.934. The number of carbonyl (C=O) groups excluding carboxylic acids is 1. The van der Waals surface area contributed by atoms with Crippen molar-refractivity contribution in [1.29, 1.82) is 0 Å². The standard InChI is InChI=1S/C16H21N5O2/c1-23-14-5-3-2-4-13(14)10-16(22)21-8-6-20(7-9-21)11-15-17-12-18-19-15/h2-5,12H,6-11H2,1H3,(H,17,18,19). The van der Waals surface area contributed by atoms with Gasteiger partial charge in [0.05, 0.1) is 20.1 Å². The predicted octanol–water partition coefficient (Wildman–Crippen LogP) is 0.700. The van der Waals surface area contributed by atoms with Gasteiger partial charge in [-0.15, -0.1) is 0 Å². The van der Waals surface area contributed by atoms with E-state index in [0.717, 1.165) is 49.9 Å². The molecule has 0 atom stereocenters. The normalized spacial score (nSPS) is 15.6. The Hall–Kier alpha value is -2.41. The molecule has 0 bridgehead atoms. The van der Waals surface area contributed by atoms with Gasteiger partial charge in [0.25, 0.3) is 0 Å². The monoisotopic (exact) mass is 315 g/mol. The second kappa shape index (κ2) is 7.23. The van der Waals surface area contributed by atoms with Crippen molar-refractivity contribution < 1.29 is 9.53 Å². The van der Waals surface area contributed by atoms with Gasteiger partial charge in [0.1, 0.15) is 17.9 Å². The lowest BCUT2D eigenvalue weighted by molar-refractivity contribution is -0.132. The van der Waals surface area contributed by atoms with Crippen LogP contribution in [0.4, 0.5) is 0 Å². The second-order valence-electron chi connectivity index (χ2n) is 5.58. The number of rotatable bonds is 5. The zero-order valence-electron chi connectivity index (χ0n) is 13.2. The molecule has 3 rings (SSSR count). The number of benzene rings is 1. The Morgan fingerprint density at radius 1 is 1.26 bits per heavy atom. The van der Waals surface area contributed by atoms with Gasteiger partial charge in [0.15, 0.2) is 0 Å². The summed E-state index contributed by atoms with van der Waals surface area (Å²) < 4.78 is 5.31. The Morgan fingerprint density at radius 3 is 2.74 bits per heavy atom. The molecule has 1 N–H and O–H groups in total. The van der Waals surface area contributed by atoms with Crippen LogP contribution in [0, 0.1) is 0 Å². The Morgan fingerprint density at radius 2 is 2.04 bits per heavy atom. The number of hydrogen-bond donors (Lipinski definition) is 1. The van der Waals surface area contributed by atoms with Gasteiger partial charge in [-0.05, 0) is 6.07 Å². The number of H-pyrrole nitrogens is 1. The minimum absolute atomic E-state index is 0.147. The molecule has 7 heteroatoms. The average molecular weight is 315 g/mol. The fraction of sp³-hybridized carbons (Fsp3) is 0.438. The third-order valence-corrected chi connectivity index (χ3v) is 4.10. The molecule has 2 heterocycles. The van der Waals surface area contributed by atoms with E-state index in [1.165, 1.54) is 6.33 Å². The zero-order valence-corrected chi connectivity index (χ0v) is 13.2. The summed E-state index contributed by atoms with van der Waals surface area (Å²) in [5.74, 6) is 1.78. The van der Waals surface area contributed by atoms with E-state index in [9.17, 15) is 4.79 Å². The van der Waals surface area contributed by atoms with Gasteiger partial charge in [0.2, 0.25) is 5.91 Å². The molecular weight excluding hydrogens is 294 g/mol. The van der Waals surface area contributed by atoms with Crippen molar-refractivity contribution >= 4 is 5.91 Å². The van der Waals surface area contributed by atoms with Crippen molar-refractivity contribution in [3.8, 4) is 5.75 Å². The topological polar surface area (TPSA) is 74.3 Å². The van der Waals surface area contributed by atoms with Crippen LogP contribution in [0.25, 0.3) is 0 Å². The molecule has 23 heavy (non-hydrogen) atoms. The van der Waals surface area contributed by atoms with E-state index < -0.39 is 0 Å². The number of aromatic nitrogens is 3. The van der Waals surface area contributed by atoms with Crippen LogP contribution in [0.2, 0.25) is 0 Å². The maximum atomic E-state index is 12.5. The van der Waals surface area contributed by atoms with Crippen molar-refractivity contribution in [2.45, 2.75) is 13.0 Å². The number of aromatic amines is 1. The highest BCUT2D eigenvalue weighted by atomic mass is 16.5. The third-order valence-electron chi connectivity index (χ3n) is 4.10. The van der Waals surface area contributed by atoms with Crippen LogP contribution in [-0.4, -0.2) is 64.2 Å². The van der Waals surface area contributed by atoms with E-state index in [1.54, 1.807) is 7.11 Å². The van der Waals surface area contributed by atoms with Crippen molar-refractivity contribution in [1.82, 2.24) is 25.0 Å². The number of nitrogens with zero attached hydrogens (tertiary/aromatic N) is 4. The molecule has 0 unspecified atom stereocenters. The van der Waals surface area contributed by atoms with Crippen LogP contribution in [0.15, 0.2) is 30.6 Å². The molecule has 1 saturated heterocycles. The predicted molar refractivity (Wildman–Crippen MR) is 84.9 cm³/mol. The van der Waals surface area contributed by atoms with Crippen LogP contribution in [-0.2, 0) is 17.8 Å². The largest absolute Gasteiger partial charge is 0.496 e. The van der Waals surface area contributed by atoms with Gasteiger partial charge in [-0.25, -0.2) is 4.98 Å². The Kier molecular flexibility index (Phi) is 4.87. The van der Waals surface area contributed by atoms with Gasteiger partial charge < -0.3 is 9.64 Å². The summed E-state index contributed by atoms with van der Waals surface area (Å²) in [7, 11) is 1.63. The molecule has 122 valence electrons. The zero-order chi connectivity index (χ0) is 16.1.